The molecule has 3 rings (SSSR count). The van der Waals surface area contributed by atoms with Crippen LogP contribution in [0, 0.1) is 18.8 Å². The van der Waals surface area contributed by atoms with Crippen molar-refractivity contribution in [3.05, 3.63) is 52.8 Å². The Bertz CT molecular complexity index is 1300. The van der Waals surface area contributed by atoms with E-state index >= 15 is 0 Å². The number of amidine groups is 1. The maximum Gasteiger partial charge on any atom is 0.400 e. The minimum Gasteiger partial charge on any atom is -0.499 e. The maximum atomic E-state index is 14.2. The second kappa shape index (κ2) is 14.9. The quantitative estimate of drug-likeness (QED) is 0.246. The van der Waals surface area contributed by atoms with Crippen molar-refractivity contribution in [3.63, 3.8) is 0 Å². The van der Waals surface area contributed by atoms with Gasteiger partial charge in [0.25, 0.3) is 0 Å². The standard InChI is InChI=1S/C29H45F3N6O4S/c1-18-9-10-22(23(13-18)38(4)43(7,39)40)17-34-27-25(29(30,31)32)20(3)35-28(37-27)36-26-19(2)14-21(15-24(26)42-6)16-33-11-8-12-41-5/h9-10,13-15,19-20,25-26,28,33,35-36H,8,11-12,16-17H2,1-7H3,(H,34,37). The predicted octanol–water partition coefficient (Wildman–Crippen LogP) is 3.02. The topological polar surface area (TPSA) is 116 Å². The van der Waals surface area contributed by atoms with Crippen LogP contribution in [0.2, 0.25) is 0 Å². The highest BCUT2D eigenvalue weighted by atomic mass is 32.2. The summed E-state index contributed by atoms with van der Waals surface area (Å²) in [7, 11) is 1.06. The number of halogens is 3. The van der Waals surface area contributed by atoms with E-state index in [1.165, 1.54) is 14.0 Å². The van der Waals surface area contributed by atoms with E-state index in [0.717, 1.165) is 34.7 Å². The molecule has 0 saturated carbocycles. The lowest BCUT2D eigenvalue weighted by molar-refractivity contribution is -0.165. The van der Waals surface area contributed by atoms with E-state index in [0.29, 0.717) is 30.2 Å². The molecule has 0 bridgehead atoms. The van der Waals surface area contributed by atoms with Crippen LogP contribution in [0.1, 0.15) is 31.4 Å². The zero-order valence-electron chi connectivity index (χ0n) is 25.9. The average molecular weight is 631 g/mol. The van der Waals surface area contributed by atoms with Crippen molar-refractivity contribution >= 4 is 21.5 Å². The Hall–Kier alpha value is -2.65. The van der Waals surface area contributed by atoms with Crippen LogP contribution in [-0.4, -0.2) is 86.0 Å². The molecule has 1 aliphatic carbocycles. The minimum absolute atomic E-state index is 0.0167. The molecule has 1 heterocycles. The van der Waals surface area contributed by atoms with Crippen LogP contribution >= 0.6 is 0 Å². The first-order chi connectivity index (χ1) is 20.1. The molecule has 1 saturated heterocycles. The van der Waals surface area contributed by atoms with Gasteiger partial charge in [0.1, 0.15) is 23.8 Å². The van der Waals surface area contributed by atoms with E-state index in [-0.39, 0.29) is 24.3 Å². The molecule has 1 aromatic carbocycles. The number of anilines is 1. The number of ether oxygens (including phenoxy) is 2. The van der Waals surface area contributed by atoms with Gasteiger partial charge in [0.15, 0.2) is 0 Å². The number of methoxy groups -OCH3 is 2. The fraction of sp³-hybridized carbons (Fsp3) is 0.621. The van der Waals surface area contributed by atoms with Crippen LogP contribution in [-0.2, 0) is 26.0 Å². The molecule has 1 aliphatic heterocycles. The zero-order chi connectivity index (χ0) is 31.9. The van der Waals surface area contributed by atoms with E-state index in [1.807, 2.05) is 19.9 Å². The van der Waals surface area contributed by atoms with Crippen molar-refractivity contribution in [2.75, 3.05) is 51.5 Å². The molecule has 0 aromatic heterocycles. The summed E-state index contributed by atoms with van der Waals surface area (Å²) in [4.78, 5) is 4.38. The summed E-state index contributed by atoms with van der Waals surface area (Å²) >= 11 is 0. The maximum absolute atomic E-state index is 14.2. The van der Waals surface area contributed by atoms with Crippen molar-refractivity contribution in [1.29, 1.82) is 0 Å². The third-order valence-corrected chi connectivity index (χ3v) is 8.81. The zero-order valence-corrected chi connectivity index (χ0v) is 26.7. The van der Waals surface area contributed by atoms with Gasteiger partial charge in [-0.2, -0.15) is 13.2 Å². The molecule has 5 unspecified atom stereocenters. The molecule has 14 heteroatoms. The molecule has 1 aromatic rings. The van der Waals surface area contributed by atoms with Gasteiger partial charge in [-0.25, -0.2) is 8.42 Å². The third-order valence-electron chi connectivity index (χ3n) is 7.62. The molecule has 1 fully saturated rings. The number of hydrogen-bond acceptors (Lipinski definition) is 8. The normalized spacial score (nSPS) is 25.6. The molecule has 4 N–H and O–H groups in total. The summed E-state index contributed by atoms with van der Waals surface area (Å²) < 4.78 is 79.1. The Morgan fingerprint density at radius 1 is 1.19 bits per heavy atom. The SMILES string of the molecule is COCCCNCC1=CC(C)C(NC2NC(=NCc3ccc(C)cc3N(C)S(C)(=O)=O)C(C(F)(F)F)C(C)N2)C(OC)=C1. The predicted molar refractivity (Wildman–Crippen MR) is 163 cm³/mol. The molecule has 242 valence electrons. The van der Waals surface area contributed by atoms with Gasteiger partial charge in [-0.05, 0) is 61.6 Å². The molecule has 43 heavy (non-hydrogen) atoms. The van der Waals surface area contributed by atoms with Crippen molar-refractivity contribution in [2.24, 2.45) is 16.8 Å². The number of aliphatic imine (C=N–C) groups is 1. The first-order valence-corrected chi connectivity index (χ1v) is 16.1. The van der Waals surface area contributed by atoms with E-state index in [1.54, 1.807) is 32.4 Å². The van der Waals surface area contributed by atoms with Gasteiger partial charge < -0.3 is 20.1 Å². The highest BCUT2D eigenvalue weighted by molar-refractivity contribution is 7.92. The van der Waals surface area contributed by atoms with Gasteiger partial charge in [-0.3, -0.25) is 19.9 Å². The van der Waals surface area contributed by atoms with Crippen LogP contribution < -0.4 is 25.6 Å². The Kier molecular flexibility index (Phi) is 12.1. The number of nitrogens with one attached hydrogen (secondary N) is 4. The van der Waals surface area contributed by atoms with Gasteiger partial charge in [-0.15, -0.1) is 0 Å². The fourth-order valence-electron chi connectivity index (χ4n) is 5.29. The van der Waals surface area contributed by atoms with E-state index < -0.39 is 34.4 Å². The molecule has 5 atom stereocenters. The van der Waals surface area contributed by atoms with Crippen molar-refractivity contribution < 1.29 is 31.1 Å². The van der Waals surface area contributed by atoms with Gasteiger partial charge in [-0.1, -0.05) is 25.1 Å². The lowest BCUT2D eigenvalue weighted by Crippen LogP contribution is -2.70. The van der Waals surface area contributed by atoms with Crippen molar-refractivity contribution in [3.8, 4) is 0 Å². The summed E-state index contributed by atoms with van der Waals surface area (Å²) in [5, 5.41) is 12.7. The highest BCUT2D eigenvalue weighted by Crippen LogP contribution is 2.33. The number of sulfonamides is 1. The second-order valence-electron chi connectivity index (χ2n) is 11.1. The van der Waals surface area contributed by atoms with Crippen LogP contribution in [0.5, 0.6) is 0 Å². The lowest BCUT2D eigenvalue weighted by atomic mass is 9.90. The average Bonchev–Trinajstić information content (AvgIpc) is 2.91. The molecular weight excluding hydrogens is 585 g/mol. The summed E-state index contributed by atoms with van der Waals surface area (Å²) in [5.74, 6) is -1.46. The van der Waals surface area contributed by atoms with E-state index in [4.69, 9.17) is 9.47 Å². The monoisotopic (exact) mass is 630 g/mol. The first-order valence-electron chi connectivity index (χ1n) is 14.2. The molecule has 0 amide bonds. The highest BCUT2D eigenvalue weighted by Gasteiger charge is 2.50. The molecule has 0 radical (unpaired) electrons. The second-order valence-corrected chi connectivity index (χ2v) is 13.1. The van der Waals surface area contributed by atoms with Crippen LogP contribution in [0.4, 0.5) is 18.9 Å². The molecular formula is C29H45F3N6O4S. The molecule has 0 spiro atoms. The van der Waals surface area contributed by atoms with Crippen LogP contribution in [0.15, 0.2) is 46.7 Å². The summed E-state index contributed by atoms with van der Waals surface area (Å²) in [6.07, 6.45) is 0.718. The number of rotatable bonds is 13. The Morgan fingerprint density at radius 2 is 1.91 bits per heavy atom. The van der Waals surface area contributed by atoms with Gasteiger partial charge in [0.2, 0.25) is 10.0 Å². The number of benzene rings is 1. The molecule has 10 nitrogen and oxygen atoms in total. The number of hydrogen-bond donors (Lipinski definition) is 4. The van der Waals surface area contributed by atoms with Gasteiger partial charge >= 0.3 is 6.18 Å². The largest absolute Gasteiger partial charge is 0.499 e. The number of aryl methyl sites for hydroxylation is 1. The van der Waals surface area contributed by atoms with Crippen molar-refractivity contribution in [2.45, 2.75) is 58.3 Å². The Balaban J connectivity index is 1.82. The fourth-order valence-corrected chi connectivity index (χ4v) is 5.82. The molecule has 2 aliphatic rings. The number of alkyl halides is 3. The lowest BCUT2D eigenvalue weighted by Gasteiger charge is -2.41. The summed E-state index contributed by atoms with van der Waals surface area (Å²) in [5.41, 5.74) is 2.73. The first kappa shape index (κ1) is 34.8. The Labute approximate surface area is 253 Å². The minimum atomic E-state index is -4.56. The summed E-state index contributed by atoms with van der Waals surface area (Å²) in [6.45, 7) is 7.31. The van der Waals surface area contributed by atoms with Crippen LogP contribution in [0.3, 0.4) is 0 Å². The van der Waals surface area contributed by atoms with Crippen molar-refractivity contribution in [1.82, 2.24) is 21.3 Å². The summed E-state index contributed by atoms with van der Waals surface area (Å²) in [6, 6.07) is 3.84. The van der Waals surface area contributed by atoms with Gasteiger partial charge in [0.05, 0.1) is 31.6 Å². The van der Waals surface area contributed by atoms with E-state index in [2.05, 4.69) is 32.3 Å². The van der Waals surface area contributed by atoms with Gasteiger partial charge in [0, 0.05) is 33.4 Å². The third kappa shape index (κ3) is 9.42. The van der Waals surface area contributed by atoms with E-state index in [9.17, 15) is 21.6 Å². The Morgan fingerprint density at radius 3 is 2.53 bits per heavy atom. The smallest absolute Gasteiger partial charge is 0.400 e. The van der Waals surface area contributed by atoms with Crippen LogP contribution in [0.25, 0.3) is 0 Å². The number of nitrogens with zero attached hydrogens (tertiary/aromatic N) is 2.